The molecule has 0 amide bonds. The zero-order chi connectivity index (χ0) is 10.6. The van der Waals surface area contributed by atoms with E-state index < -0.39 is 0 Å². The Balaban J connectivity index is 2.72. The van der Waals surface area contributed by atoms with Crippen molar-refractivity contribution in [1.82, 2.24) is 4.84 Å². The van der Waals surface area contributed by atoms with Gasteiger partial charge in [0.2, 0.25) is 0 Å². The normalized spacial score (nSPS) is 12.8. The Labute approximate surface area is 90.0 Å². The van der Waals surface area contributed by atoms with Gasteiger partial charge in [-0.1, -0.05) is 19.1 Å². The van der Waals surface area contributed by atoms with Crippen molar-refractivity contribution in [2.45, 2.75) is 32.7 Å². The third-order valence-electron chi connectivity index (χ3n) is 2.40. The quantitative estimate of drug-likeness (QED) is 0.754. The van der Waals surface area contributed by atoms with E-state index in [1.807, 2.05) is 19.1 Å². The average Bonchev–Trinajstić information content (AvgIpc) is 2.19. The van der Waals surface area contributed by atoms with Gasteiger partial charge in [-0.15, -0.1) is 0 Å². The van der Waals surface area contributed by atoms with Crippen LogP contribution in [0.2, 0.25) is 0 Å². The van der Waals surface area contributed by atoms with Gasteiger partial charge >= 0.3 is 0 Å². The molecule has 0 aromatic heterocycles. The number of halogens is 1. The van der Waals surface area contributed by atoms with Gasteiger partial charge in [0.05, 0.1) is 0 Å². The molecule has 0 saturated heterocycles. The summed E-state index contributed by atoms with van der Waals surface area (Å²) in [5.41, 5.74) is 2.01. The first-order chi connectivity index (χ1) is 6.67. The van der Waals surface area contributed by atoms with Crippen molar-refractivity contribution >= 4 is 11.8 Å². The Hall–Kier alpha value is -0.730. The monoisotopic (exact) mass is 213 g/mol. The summed E-state index contributed by atoms with van der Waals surface area (Å²) < 4.78 is 0. The molecule has 1 atom stereocenters. The van der Waals surface area contributed by atoms with Gasteiger partial charge in [0, 0.05) is 6.04 Å². The molecule has 0 saturated carbocycles. The highest BCUT2D eigenvalue weighted by Crippen LogP contribution is 2.18. The largest absolute Gasteiger partial charge is 0.508 e. The number of phenolic OH excluding ortho intramolecular Hbond substituents is 1. The third kappa shape index (κ3) is 2.89. The van der Waals surface area contributed by atoms with Crippen LogP contribution in [-0.2, 0) is 6.42 Å². The van der Waals surface area contributed by atoms with Gasteiger partial charge in [-0.3, -0.25) is 0 Å². The maximum Gasteiger partial charge on any atom is 0.118 e. The molecule has 1 aromatic carbocycles. The average molecular weight is 214 g/mol. The fourth-order valence-corrected chi connectivity index (χ4v) is 1.56. The van der Waals surface area contributed by atoms with Gasteiger partial charge in [-0.2, -0.15) is 0 Å². The predicted molar refractivity (Wildman–Crippen MR) is 59.6 cm³/mol. The summed E-state index contributed by atoms with van der Waals surface area (Å²) in [6.45, 7) is 3.96. The fourth-order valence-electron chi connectivity index (χ4n) is 1.33. The molecular weight excluding hydrogens is 198 g/mol. The number of nitrogens with one attached hydrogen (secondary N) is 1. The maximum atomic E-state index is 9.51. The lowest BCUT2D eigenvalue weighted by molar-refractivity contribution is 0.469. The molecule has 0 aliphatic carbocycles. The Morgan fingerprint density at radius 3 is 2.71 bits per heavy atom. The number of phenols is 1. The van der Waals surface area contributed by atoms with Crippen LogP contribution in [-0.4, -0.2) is 11.1 Å². The van der Waals surface area contributed by atoms with Gasteiger partial charge in [-0.25, -0.2) is 4.84 Å². The minimum Gasteiger partial charge on any atom is -0.508 e. The minimum atomic E-state index is 0.263. The van der Waals surface area contributed by atoms with Gasteiger partial charge in [-0.05, 0) is 48.7 Å². The minimum absolute atomic E-state index is 0.263. The molecule has 14 heavy (non-hydrogen) atoms. The lowest BCUT2D eigenvalue weighted by Crippen LogP contribution is -2.22. The van der Waals surface area contributed by atoms with Crippen molar-refractivity contribution in [1.29, 1.82) is 0 Å². The topological polar surface area (TPSA) is 32.3 Å². The van der Waals surface area contributed by atoms with Crippen LogP contribution in [0.5, 0.6) is 5.75 Å². The molecule has 3 heteroatoms. The van der Waals surface area contributed by atoms with Crippen LogP contribution in [0.1, 0.15) is 24.5 Å². The van der Waals surface area contributed by atoms with Gasteiger partial charge < -0.3 is 5.11 Å². The van der Waals surface area contributed by atoms with Gasteiger partial charge in [0.1, 0.15) is 5.75 Å². The summed E-state index contributed by atoms with van der Waals surface area (Å²) in [6, 6.07) is 6.00. The molecule has 1 unspecified atom stereocenters. The lowest BCUT2D eigenvalue weighted by Gasteiger charge is -2.12. The molecule has 2 N–H and O–H groups in total. The van der Waals surface area contributed by atoms with Crippen molar-refractivity contribution in [3.05, 3.63) is 29.3 Å². The van der Waals surface area contributed by atoms with E-state index in [-0.39, 0.29) is 6.04 Å². The van der Waals surface area contributed by atoms with E-state index in [0.717, 1.165) is 24.0 Å². The molecule has 1 rings (SSSR count). The van der Waals surface area contributed by atoms with Crippen molar-refractivity contribution in [2.24, 2.45) is 0 Å². The molecule has 0 aliphatic rings. The second-order valence-corrected chi connectivity index (χ2v) is 3.76. The van der Waals surface area contributed by atoms with Crippen LogP contribution in [0.4, 0.5) is 0 Å². The number of aromatic hydroxyl groups is 1. The highest BCUT2D eigenvalue weighted by molar-refractivity contribution is 6.13. The van der Waals surface area contributed by atoms with E-state index >= 15 is 0 Å². The summed E-state index contributed by atoms with van der Waals surface area (Å²) in [6.07, 6.45) is 1.81. The predicted octanol–water partition coefficient (Wildman–Crippen LogP) is 2.77. The second-order valence-electron chi connectivity index (χ2n) is 3.54. The molecule has 0 radical (unpaired) electrons. The van der Waals surface area contributed by atoms with Crippen molar-refractivity contribution in [3.63, 3.8) is 0 Å². The number of aryl methyl sites for hydroxylation is 1. The van der Waals surface area contributed by atoms with Crippen molar-refractivity contribution in [2.75, 3.05) is 0 Å². The molecule has 0 bridgehead atoms. The Morgan fingerprint density at radius 1 is 1.50 bits per heavy atom. The van der Waals surface area contributed by atoms with Crippen LogP contribution < -0.4 is 4.84 Å². The summed E-state index contributed by atoms with van der Waals surface area (Å²) in [7, 11) is 0. The highest BCUT2D eigenvalue weighted by Gasteiger charge is 2.06. The smallest absolute Gasteiger partial charge is 0.118 e. The molecule has 0 heterocycles. The lowest BCUT2D eigenvalue weighted by atomic mass is 10.0. The molecule has 0 aliphatic heterocycles. The number of hydrogen-bond donors (Lipinski definition) is 2. The van der Waals surface area contributed by atoms with E-state index in [2.05, 4.69) is 11.8 Å². The summed E-state index contributed by atoms with van der Waals surface area (Å²) in [5.74, 6) is 0.354. The molecule has 1 aromatic rings. The first kappa shape index (κ1) is 11.3. The second kappa shape index (κ2) is 5.23. The van der Waals surface area contributed by atoms with Crippen LogP contribution in [0.3, 0.4) is 0 Å². The van der Waals surface area contributed by atoms with Gasteiger partial charge in [0.25, 0.3) is 0 Å². The van der Waals surface area contributed by atoms with Crippen LogP contribution in [0, 0.1) is 6.92 Å². The van der Waals surface area contributed by atoms with E-state index in [1.165, 1.54) is 0 Å². The third-order valence-corrected chi connectivity index (χ3v) is 2.71. The van der Waals surface area contributed by atoms with Crippen LogP contribution in [0.15, 0.2) is 18.2 Å². The van der Waals surface area contributed by atoms with Crippen LogP contribution in [0.25, 0.3) is 0 Å². The Kier molecular flexibility index (Phi) is 4.23. The zero-order valence-electron chi connectivity index (χ0n) is 8.55. The number of hydrogen-bond acceptors (Lipinski definition) is 2. The summed E-state index contributed by atoms with van der Waals surface area (Å²) in [5, 5.41) is 9.51. The molecule has 2 nitrogen and oxygen atoms in total. The molecule has 78 valence electrons. The van der Waals surface area contributed by atoms with Crippen LogP contribution >= 0.6 is 11.8 Å². The first-order valence-corrected chi connectivity index (χ1v) is 5.19. The fraction of sp³-hybridized carbons (Fsp3) is 0.455. The summed E-state index contributed by atoms with van der Waals surface area (Å²) in [4.78, 5) is 2.72. The summed E-state index contributed by atoms with van der Waals surface area (Å²) >= 11 is 5.58. The van der Waals surface area contributed by atoms with Gasteiger partial charge in [0.15, 0.2) is 0 Å². The highest BCUT2D eigenvalue weighted by atomic mass is 35.5. The first-order valence-electron chi connectivity index (χ1n) is 4.82. The Morgan fingerprint density at radius 2 is 2.21 bits per heavy atom. The van der Waals surface area contributed by atoms with E-state index in [0.29, 0.717) is 5.75 Å². The maximum absolute atomic E-state index is 9.51. The van der Waals surface area contributed by atoms with E-state index in [9.17, 15) is 5.11 Å². The van der Waals surface area contributed by atoms with Crippen molar-refractivity contribution < 1.29 is 5.11 Å². The number of benzene rings is 1. The number of rotatable bonds is 4. The van der Waals surface area contributed by atoms with E-state index in [4.69, 9.17) is 11.8 Å². The van der Waals surface area contributed by atoms with Crippen molar-refractivity contribution in [3.8, 4) is 5.75 Å². The molecule has 0 spiro atoms. The standard InChI is InChI=1S/C11H16ClNO/c1-3-10(13-12)6-9-5-4-8(2)11(14)7-9/h4-5,7,10,13-14H,3,6H2,1-2H3. The Bertz CT molecular complexity index is 297. The van der Waals surface area contributed by atoms with E-state index in [1.54, 1.807) is 6.07 Å². The molecule has 0 fully saturated rings. The zero-order valence-corrected chi connectivity index (χ0v) is 9.30. The molecular formula is C11H16ClNO. The SMILES string of the molecule is CCC(Cc1ccc(C)c(O)c1)NCl.